The van der Waals surface area contributed by atoms with E-state index in [4.69, 9.17) is 0 Å². The van der Waals surface area contributed by atoms with Gasteiger partial charge < -0.3 is 4.90 Å². The monoisotopic (exact) mass is 386 g/mol. The Bertz CT molecular complexity index is 992. The molecular weight excluding hydrogens is 360 g/mol. The van der Waals surface area contributed by atoms with Gasteiger partial charge in [0.2, 0.25) is 0 Å². The standard InChI is InChI=1S/C25H26N2O2/c1-4-27(3)25(29)23-13-9-21(10-14-23)20-7-11-22(12-8-20)24(28)16-15-19-6-5-17-26-18(19)2/h5-14,17H,4,15-16H2,1-3H3. The Labute approximate surface area is 172 Å². The van der Waals surface area contributed by atoms with Crippen LogP contribution in [-0.2, 0) is 6.42 Å². The number of carbonyl (C=O) groups excluding carboxylic acids is 2. The van der Waals surface area contributed by atoms with Crippen molar-refractivity contribution in [1.82, 2.24) is 9.88 Å². The molecule has 0 N–H and O–H groups in total. The number of aryl methyl sites for hydroxylation is 2. The van der Waals surface area contributed by atoms with E-state index >= 15 is 0 Å². The summed E-state index contributed by atoms with van der Waals surface area (Å²) in [5.41, 5.74) is 5.52. The number of amides is 1. The minimum Gasteiger partial charge on any atom is -0.342 e. The molecule has 0 unspecified atom stereocenters. The number of rotatable bonds is 7. The van der Waals surface area contributed by atoms with Gasteiger partial charge in [-0.2, -0.15) is 0 Å². The van der Waals surface area contributed by atoms with Crippen LogP contribution in [0.25, 0.3) is 11.1 Å². The van der Waals surface area contributed by atoms with Crippen molar-refractivity contribution >= 4 is 11.7 Å². The van der Waals surface area contributed by atoms with Crippen LogP contribution in [0.1, 0.15) is 45.3 Å². The first-order valence-corrected chi connectivity index (χ1v) is 9.89. The molecule has 0 aliphatic carbocycles. The maximum atomic E-state index is 12.5. The van der Waals surface area contributed by atoms with Gasteiger partial charge in [-0.25, -0.2) is 0 Å². The molecule has 29 heavy (non-hydrogen) atoms. The molecule has 0 aliphatic rings. The summed E-state index contributed by atoms with van der Waals surface area (Å²) in [5.74, 6) is 0.146. The number of Topliss-reactive ketones (excluding diaryl/α,β-unsaturated/α-hetero) is 1. The van der Waals surface area contributed by atoms with E-state index in [2.05, 4.69) is 4.98 Å². The topological polar surface area (TPSA) is 50.3 Å². The van der Waals surface area contributed by atoms with Crippen molar-refractivity contribution in [1.29, 1.82) is 0 Å². The summed E-state index contributed by atoms with van der Waals surface area (Å²) < 4.78 is 0. The van der Waals surface area contributed by atoms with Gasteiger partial charge in [0.1, 0.15) is 0 Å². The molecule has 4 heteroatoms. The number of carbonyl (C=O) groups is 2. The van der Waals surface area contributed by atoms with E-state index in [1.807, 2.05) is 74.5 Å². The van der Waals surface area contributed by atoms with Crippen molar-refractivity contribution in [2.45, 2.75) is 26.7 Å². The van der Waals surface area contributed by atoms with E-state index in [1.54, 1.807) is 18.1 Å². The molecule has 0 fully saturated rings. The fourth-order valence-corrected chi connectivity index (χ4v) is 3.19. The zero-order chi connectivity index (χ0) is 20.8. The normalized spacial score (nSPS) is 10.6. The summed E-state index contributed by atoms with van der Waals surface area (Å²) in [5, 5.41) is 0. The molecule has 0 aliphatic heterocycles. The summed E-state index contributed by atoms with van der Waals surface area (Å²) in [7, 11) is 1.79. The van der Waals surface area contributed by atoms with Crippen LogP contribution in [0.3, 0.4) is 0 Å². The molecule has 1 amide bonds. The molecular formula is C25H26N2O2. The molecule has 2 aromatic carbocycles. The van der Waals surface area contributed by atoms with E-state index in [9.17, 15) is 9.59 Å². The van der Waals surface area contributed by atoms with Crippen LogP contribution in [0.15, 0.2) is 66.9 Å². The Hall–Kier alpha value is -3.27. The number of pyridine rings is 1. The van der Waals surface area contributed by atoms with Crippen LogP contribution in [0.4, 0.5) is 0 Å². The van der Waals surface area contributed by atoms with E-state index in [0.717, 1.165) is 22.4 Å². The van der Waals surface area contributed by atoms with Crippen LogP contribution >= 0.6 is 0 Å². The first kappa shape index (κ1) is 20.5. The summed E-state index contributed by atoms with van der Waals surface area (Å²) in [6.07, 6.45) is 2.93. The second kappa shape index (κ2) is 9.28. The second-order valence-electron chi connectivity index (χ2n) is 7.15. The number of nitrogens with zero attached hydrogens (tertiary/aromatic N) is 2. The van der Waals surface area contributed by atoms with E-state index in [0.29, 0.717) is 30.5 Å². The highest BCUT2D eigenvalue weighted by atomic mass is 16.2. The van der Waals surface area contributed by atoms with E-state index in [1.165, 1.54) is 0 Å². The lowest BCUT2D eigenvalue weighted by Gasteiger charge is -2.14. The van der Waals surface area contributed by atoms with Crippen LogP contribution in [0, 0.1) is 6.92 Å². The van der Waals surface area contributed by atoms with Crippen LogP contribution in [-0.4, -0.2) is 35.2 Å². The third kappa shape index (κ3) is 4.96. The van der Waals surface area contributed by atoms with Gasteiger partial charge in [0.05, 0.1) is 0 Å². The van der Waals surface area contributed by atoms with Gasteiger partial charge in [-0.05, 0) is 55.2 Å². The molecule has 148 valence electrons. The Balaban J connectivity index is 1.66. The molecule has 0 atom stereocenters. The second-order valence-corrected chi connectivity index (χ2v) is 7.15. The Morgan fingerprint density at radius 1 is 0.897 bits per heavy atom. The lowest BCUT2D eigenvalue weighted by Crippen LogP contribution is -2.26. The molecule has 3 rings (SSSR count). The van der Waals surface area contributed by atoms with E-state index in [-0.39, 0.29) is 11.7 Å². The zero-order valence-corrected chi connectivity index (χ0v) is 17.2. The zero-order valence-electron chi connectivity index (χ0n) is 17.2. The number of aromatic nitrogens is 1. The minimum absolute atomic E-state index is 0.0175. The number of hydrogen-bond acceptors (Lipinski definition) is 3. The van der Waals surface area contributed by atoms with Gasteiger partial charge in [-0.3, -0.25) is 14.6 Å². The van der Waals surface area contributed by atoms with Crippen molar-refractivity contribution in [2.75, 3.05) is 13.6 Å². The summed E-state index contributed by atoms with van der Waals surface area (Å²) in [4.78, 5) is 30.7. The van der Waals surface area contributed by atoms with E-state index < -0.39 is 0 Å². The van der Waals surface area contributed by atoms with Crippen molar-refractivity contribution < 1.29 is 9.59 Å². The maximum absolute atomic E-state index is 12.5. The quantitative estimate of drug-likeness (QED) is 0.539. The van der Waals surface area contributed by atoms with Crippen LogP contribution in [0.5, 0.6) is 0 Å². The summed E-state index contributed by atoms with van der Waals surface area (Å²) in [6.45, 7) is 4.59. The lowest BCUT2D eigenvalue weighted by atomic mass is 9.98. The molecule has 4 nitrogen and oxygen atoms in total. The fraction of sp³-hybridized carbons (Fsp3) is 0.240. The summed E-state index contributed by atoms with van der Waals surface area (Å²) >= 11 is 0. The third-order valence-corrected chi connectivity index (χ3v) is 5.23. The highest BCUT2D eigenvalue weighted by Crippen LogP contribution is 2.22. The molecule has 1 heterocycles. The average molecular weight is 386 g/mol. The van der Waals surface area contributed by atoms with Gasteiger partial charge in [-0.1, -0.05) is 42.5 Å². The van der Waals surface area contributed by atoms with Crippen molar-refractivity contribution in [3.8, 4) is 11.1 Å². The van der Waals surface area contributed by atoms with Gasteiger partial charge in [0, 0.05) is 43.0 Å². The molecule has 0 saturated carbocycles. The predicted molar refractivity (Wildman–Crippen MR) is 116 cm³/mol. The molecule has 0 radical (unpaired) electrons. The molecule has 0 bridgehead atoms. The number of ketones is 1. The van der Waals surface area contributed by atoms with Gasteiger partial charge in [0.25, 0.3) is 5.91 Å². The fourth-order valence-electron chi connectivity index (χ4n) is 3.19. The molecule has 3 aromatic rings. The smallest absolute Gasteiger partial charge is 0.253 e. The third-order valence-electron chi connectivity index (χ3n) is 5.23. The molecule has 1 aromatic heterocycles. The average Bonchev–Trinajstić information content (AvgIpc) is 2.77. The highest BCUT2D eigenvalue weighted by molar-refractivity contribution is 5.97. The first-order valence-electron chi connectivity index (χ1n) is 9.89. The van der Waals surface area contributed by atoms with Gasteiger partial charge >= 0.3 is 0 Å². The van der Waals surface area contributed by atoms with Crippen LogP contribution < -0.4 is 0 Å². The number of hydrogen-bond donors (Lipinski definition) is 0. The summed E-state index contributed by atoms with van der Waals surface area (Å²) in [6, 6.07) is 19.2. The van der Waals surface area contributed by atoms with Gasteiger partial charge in [0.15, 0.2) is 5.78 Å². The lowest BCUT2D eigenvalue weighted by molar-refractivity contribution is 0.0802. The highest BCUT2D eigenvalue weighted by Gasteiger charge is 2.11. The molecule has 0 saturated heterocycles. The van der Waals surface area contributed by atoms with Crippen molar-refractivity contribution in [2.24, 2.45) is 0 Å². The SMILES string of the molecule is CCN(C)C(=O)c1ccc(-c2ccc(C(=O)CCc3cccnc3C)cc2)cc1. The van der Waals surface area contributed by atoms with Crippen molar-refractivity contribution in [3.05, 3.63) is 89.2 Å². The Kier molecular flexibility index (Phi) is 6.55. The predicted octanol–water partition coefficient (Wildman–Crippen LogP) is 4.96. The number of benzene rings is 2. The maximum Gasteiger partial charge on any atom is 0.253 e. The van der Waals surface area contributed by atoms with Gasteiger partial charge in [-0.15, -0.1) is 0 Å². The molecule has 0 spiro atoms. The first-order chi connectivity index (χ1) is 14.0. The Morgan fingerprint density at radius 2 is 1.48 bits per heavy atom. The minimum atomic E-state index is 0.0175. The van der Waals surface area contributed by atoms with Crippen LogP contribution in [0.2, 0.25) is 0 Å². The largest absolute Gasteiger partial charge is 0.342 e. The Morgan fingerprint density at radius 3 is 2.03 bits per heavy atom. The van der Waals surface area contributed by atoms with Crippen molar-refractivity contribution in [3.63, 3.8) is 0 Å².